The van der Waals surface area contributed by atoms with E-state index in [-0.39, 0.29) is 15.5 Å². The van der Waals surface area contributed by atoms with E-state index < -0.39 is 17.3 Å². The zero-order chi connectivity index (χ0) is 13.5. The number of carbonyl (C=O) groups excluding carboxylic acids is 1. The van der Waals surface area contributed by atoms with E-state index in [2.05, 4.69) is 31.2 Å². The topological polar surface area (TPSA) is 78.0 Å². The minimum atomic E-state index is -1.54. The Morgan fingerprint density at radius 2 is 2.28 bits per heavy atom. The van der Waals surface area contributed by atoms with Crippen molar-refractivity contribution in [2.24, 2.45) is 0 Å². The molecule has 3 N–H and O–H groups in total. The molecule has 0 aliphatic heterocycles. The van der Waals surface area contributed by atoms with Crippen LogP contribution in [0.2, 0.25) is 0 Å². The van der Waals surface area contributed by atoms with Gasteiger partial charge in [-0.1, -0.05) is 0 Å². The lowest BCUT2D eigenvalue weighted by atomic mass is 10.1. The van der Waals surface area contributed by atoms with E-state index in [0.717, 1.165) is 0 Å². The number of H-pyrrole nitrogens is 1. The smallest absolute Gasteiger partial charge is 0.255 e. The maximum absolute atomic E-state index is 13.9. The molecule has 5 nitrogen and oxygen atoms in total. The Kier molecular flexibility index (Phi) is 3.12. The quantitative estimate of drug-likeness (QED) is 0.794. The minimum absolute atomic E-state index is 0.168. The fourth-order valence-electron chi connectivity index (χ4n) is 1.41. The van der Waals surface area contributed by atoms with Gasteiger partial charge >= 0.3 is 0 Å². The molecule has 0 aliphatic carbocycles. The van der Waals surface area contributed by atoms with E-state index in [1.807, 2.05) is 0 Å². The highest BCUT2D eigenvalue weighted by atomic mass is 79.9. The SMILES string of the molecule is CC(C)(O)C(=O)Nc1c[nH]c2ncc(Br)c(F)c12. The summed E-state index contributed by atoms with van der Waals surface area (Å²) in [6, 6.07) is 0. The van der Waals surface area contributed by atoms with Crippen LogP contribution in [0, 0.1) is 5.82 Å². The molecule has 18 heavy (non-hydrogen) atoms. The van der Waals surface area contributed by atoms with Crippen LogP contribution in [0.4, 0.5) is 10.1 Å². The first-order chi connectivity index (χ1) is 8.30. The number of anilines is 1. The molecule has 0 saturated carbocycles. The molecule has 0 saturated heterocycles. The number of aromatic amines is 1. The second-order valence-corrected chi connectivity index (χ2v) is 5.21. The maximum atomic E-state index is 13.9. The Morgan fingerprint density at radius 1 is 1.61 bits per heavy atom. The average molecular weight is 316 g/mol. The Bertz CT molecular complexity index is 619. The van der Waals surface area contributed by atoms with Gasteiger partial charge in [0, 0.05) is 12.4 Å². The molecule has 0 aromatic carbocycles. The number of rotatable bonds is 2. The molecule has 0 radical (unpaired) electrons. The number of pyridine rings is 1. The van der Waals surface area contributed by atoms with Crippen molar-refractivity contribution in [1.29, 1.82) is 0 Å². The molecule has 0 unspecified atom stereocenters. The third-order valence-electron chi connectivity index (χ3n) is 2.40. The van der Waals surface area contributed by atoms with Gasteiger partial charge in [0.15, 0.2) is 5.82 Å². The first kappa shape index (κ1) is 13.0. The Morgan fingerprint density at radius 3 is 2.89 bits per heavy atom. The van der Waals surface area contributed by atoms with Crippen LogP contribution < -0.4 is 5.32 Å². The summed E-state index contributed by atoms with van der Waals surface area (Å²) >= 11 is 3.03. The van der Waals surface area contributed by atoms with Gasteiger partial charge in [-0.3, -0.25) is 4.79 Å². The summed E-state index contributed by atoms with van der Waals surface area (Å²) in [6.45, 7) is 2.70. The molecular formula is C11H11BrFN3O2. The number of amides is 1. The van der Waals surface area contributed by atoms with Crippen molar-refractivity contribution in [3.05, 3.63) is 22.7 Å². The number of nitrogens with zero attached hydrogens (tertiary/aromatic N) is 1. The van der Waals surface area contributed by atoms with Gasteiger partial charge in [0.1, 0.15) is 11.2 Å². The third kappa shape index (κ3) is 2.23. The number of aliphatic hydroxyl groups is 1. The maximum Gasteiger partial charge on any atom is 0.255 e. The van der Waals surface area contributed by atoms with Crippen molar-refractivity contribution in [3.8, 4) is 0 Å². The Labute approximate surface area is 111 Å². The van der Waals surface area contributed by atoms with Crippen molar-refractivity contribution in [2.45, 2.75) is 19.4 Å². The van der Waals surface area contributed by atoms with Crippen LogP contribution >= 0.6 is 15.9 Å². The monoisotopic (exact) mass is 315 g/mol. The van der Waals surface area contributed by atoms with E-state index >= 15 is 0 Å². The predicted molar refractivity (Wildman–Crippen MR) is 68.7 cm³/mol. The molecule has 96 valence electrons. The molecule has 2 heterocycles. The summed E-state index contributed by atoms with van der Waals surface area (Å²) in [5, 5.41) is 12.2. The van der Waals surface area contributed by atoms with E-state index in [1.165, 1.54) is 26.2 Å². The number of halogens is 2. The molecular weight excluding hydrogens is 305 g/mol. The van der Waals surface area contributed by atoms with Crippen molar-refractivity contribution < 1.29 is 14.3 Å². The van der Waals surface area contributed by atoms with Crippen LogP contribution in [0.25, 0.3) is 11.0 Å². The largest absolute Gasteiger partial charge is 0.381 e. The number of hydrogen-bond donors (Lipinski definition) is 3. The molecule has 0 bridgehead atoms. The van der Waals surface area contributed by atoms with Gasteiger partial charge < -0.3 is 15.4 Å². The van der Waals surface area contributed by atoms with Crippen LogP contribution in [0.5, 0.6) is 0 Å². The number of hydrogen-bond acceptors (Lipinski definition) is 3. The molecule has 0 atom stereocenters. The highest BCUT2D eigenvalue weighted by Crippen LogP contribution is 2.29. The van der Waals surface area contributed by atoms with Crippen LogP contribution in [-0.2, 0) is 4.79 Å². The standard InChI is InChI=1S/C11H11BrFN3O2/c1-11(2,18)10(17)16-6-4-15-9-7(6)8(13)5(12)3-14-9/h3-4,18H,1-2H3,(H,14,15)(H,16,17). The lowest BCUT2D eigenvalue weighted by Crippen LogP contribution is -2.36. The van der Waals surface area contributed by atoms with E-state index in [4.69, 9.17) is 0 Å². The summed E-state index contributed by atoms with van der Waals surface area (Å²) in [7, 11) is 0. The van der Waals surface area contributed by atoms with Gasteiger partial charge in [-0.2, -0.15) is 0 Å². The van der Waals surface area contributed by atoms with Crippen molar-refractivity contribution >= 4 is 38.6 Å². The zero-order valence-electron chi connectivity index (χ0n) is 9.71. The molecule has 2 aromatic heterocycles. The van der Waals surface area contributed by atoms with Crippen LogP contribution in [-0.4, -0.2) is 26.6 Å². The van der Waals surface area contributed by atoms with Crippen LogP contribution in [0.15, 0.2) is 16.9 Å². The van der Waals surface area contributed by atoms with E-state index in [1.54, 1.807) is 0 Å². The van der Waals surface area contributed by atoms with Gasteiger partial charge in [-0.25, -0.2) is 9.37 Å². The molecule has 2 aromatic rings. The lowest BCUT2D eigenvalue weighted by molar-refractivity contribution is -0.130. The molecule has 0 aliphatic rings. The summed E-state index contributed by atoms with van der Waals surface area (Å²) in [5.41, 5.74) is -0.982. The van der Waals surface area contributed by atoms with Crippen molar-refractivity contribution in [1.82, 2.24) is 9.97 Å². The summed E-state index contributed by atoms with van der Waals surface area (Å²) in [6.07, 6.45) is 2.76. The minimum Gasteiger partial charge on any atom is -0.381 e. The molecule has 1 amide bonds. The lowest BCUT2D eigenvalue weighted by Gasteiger charge is -2.16. The Balaban J connectivity index is 2.47. The number of aromatic nitrogens is 2. The highest BCUT2D eigenvalue weighted by molar-refractivity contribution is 9.10. The number of nitrogens with one attached hydrogen (secondary N) is 2. The first-order valence-corrected chi connectivity index (χ1v) is 5.95. The third-order valence-corrected chi connectivity index (χ3v) is 2.95. The Hall–Kier alpha value is -1.47. The predicted octanol–water partition coefficient (Wildman–Crippen LogP) is 2.17. The molecule has 2 rings (SSSR count). The van der Waals surface area contributed by atoms with Gasteiger partial charge in [-0.05, 0) is 29.8 Å². The second-order valence-electron chi connectivity index (χ2n) is 4.36. The van der Waals surface area contributed by atoms with Gasteiger partial charge in [0.2, 0.25) is 0 Å². The molecule has 0 spiro atoms. The fraction of sp³-hybridized carbons (Fsp3) is 0.273. The molecule has 7 heteroatoms. The zero-order valence-corrected chi connectivity index (χ0v) is 11.3. The normalized spacial score (nSPS) is 11.8. The average Bonchev–Trinajstić information content (AvgIpc) is 2.66. The van der Waals surface area contributed by atoms with E-state index in [9.17, 15) is 14.3 Å². The summed E-state index contributed by atoms with van der Waals surface area (Å²) in [4.78, 5) is 18.4. The van der Waals surface area contributed by atoms with Gasteiger partial charge in [0.25, 0.3) is 5.91 Å². The number of carbonyl (C=O) groups is 1. The highest BCUT2D eigenvalue weighted by Gasteiger charge is 2.25. The number of fused-ring (bicyclic) bond motifs is 1. The van der Waals surface area contributed by atoms with Crippen molar-refractivity contribution in [3.63, 3.8) is 0 Å². The van der Waals surface area contributed by atoms with Crippen molar-refractivity contribution in [2.75, 3.05) is 5.32 Å². The summed E-state index contributed by atoms with van der Waals surface area (Å²) < 4.78 is 14.1. The van der Waals surface area contributed by atoms with E-state index in [0.29, 0.717) is 5.65 Å². The second kappa shape index (κ2) is 4.33. The fourth-order valence-corrected chi connectivity index (χ4v) is 1.71. The first-order valence-electron chi connectivity index (χ1n) is 5.15. The van der Waals surface area contributed by atoms with Gasteiger partial charge in [-0.15, -0.1) is 0 Å². The van der Waals surface area contributed by atoms with Crippen LogP contribution in [0.3, 0.4) is 0 Å². The molecule has 0 fully saturated rings. The van der Waals surface area contributed by atoms with Crippen LogP contribution in [0.1, 0.15) is 13.8 Å². The van der Waals surface area contributed by atoms with Gasteiger partial charge in [0.05, 0.1) is 15.5 Å². The summed E-state index contributed by atoms with van der Waals surface area (Å²) in [5.74, 6) is -1.14.